The molecule has 1 aromatic rings. The lowest BCUT2D eigenvalue weighted by Gasteiger charge is -2.08. The fourth-order valence-electron chi connectivity index (χ4n) is 1.38. The zero-order chi connectivity index (χ0) is 11.4. The van der Waals surface area contributed by atoms with E-state index in [0.717, 1.165) is 0 Å². The maximum Gasteiger partial charge on any atom is 0.310 e. The topological polar surface area (TPSA) is 80.4 Å². The number of nitrogens with zero attached hydrogens (tertiary/aromatic N) is 1. The molecule has 0 fully saturated rings. The third-order valence-corrected chi connectivity index (χ3v) is 2.21. The van der Waals surface area contributed by atoms with Gasteiger partial charge in [-0.2, -0.15) is 0 Å². The molecule has 0 aliphatic carbocycles. The van der Waals surface area contributed by atoms with Crippen molar-refractivity contribution in [2.45, 2.75) is 19.3 Å². The summed E-state index contributed by atoms with van der Waals surface area (Å²) in [5.41, 5.74) is 0.564. The summed E-state index contributed by atoms with van der Waals surface area (Å²) in [4.78, 5) is 20.7. The Morgan fingerprint density at radius 1 is 1.47 bits per heavy atom. The second-order valence-corrected chi connectivity index (χ2v) is 3.15. The van der Waals surface area contributed by atoms with E-state index in [1.807, 2.05) is 0 Å². The summed E-state index contributed by atoms with van der Waals surface area (Å²) in [5, 5.41) is 19.2. The van der Waals surface area contributed by atoms with Crippen molar-refractivity contribution >= 4 is 11.7 Å². The number of benzene rings is 1. The minimum atomic E-state index is -0.911. The third kappa shape index (κ3) is 2.52. The number of non-ortho nitro benzene ring substituents is 1. The minimum absolute atomic E-state index is 0.0287. The molecule has 0 saturated heterocycles. The number of nitro benzene ring substituents is 1. The Balaban J connectivity index is 2.97. The van der Waals surface area contributed by atoms with Crippen LogP contribution in [0.5, 0.6) is 0 Å². The number of hydrogen-bond donors (Lipinski definition) is 1. The van der Waals surface area contributed by atoms with Crippen molar-refractivity contribution in [2.75, 3.05) is 0 Å². The average Bonchev–Trinajstić information content (AvgIpc) is 2.19. The van der Waals surface area contributed by atoms with Gasteiger partial charge in [0.1, 0.15) is 0 Å². The van der Waals surface area contributed by atoms with Gasteiger partial charge in [-0.1, -0.05) is 19.1 Å². The fraction of sp³-hybridized carbons (Fsp3) is 0.300. The number of carbonyl (C=O) groups is 1. The first kappa shape index (κ1) is 11.2. The molecule has 0 radical (unpaired) electrons. The van der Waals surface area contributed by atoms with E-state index in [-0.39, 0.29) is 5.69 Å². The molecule has 0 saturated carbocycles. The number of rotatable bonds is 4. The summed E-state index contributed by atoms with van der Waals surface area (Å²) < 4.78 is 0. The van der Waals surface area contributed by atoms with Crippen LogP contribution in [-0.2, 0) is 4.79 Å². The van der Waals surface area contributed by atoms with Crippen molar-refractivity contribution in [3.63, 3.8) is 0 Å². The molecule has 0 aliphatic heterocycles. The summed E-state index contributed by atoms with van der Waals surface area (Å²) in [5.74, 6) is -1.50. The van der Waals surface area contributed by atoms with Crippen LogP contribution in [0.15, 0.2) is 24.3 Å². The fourth-order valence-corrected chi connectivity index (χ4v) is 1.38. The van der Waals surface area contributed by atoms with Crippen LogP contribution >= 0.6 is 0 Å². The molecule has 1 atom stereocenters. The Bertz CT molecular complexity index is 372. The molecule has 0 amide bonds. The molecular weight excluding hydrogens is 198 g/mol. The SMILES string of the molecule is CC[C@@H](C(=O)O)c1ccc([N+](=O)[O-])cc1. The quantitative estimate of drug-likeness (QED) is 0.608. The minimum Gasteiger partial charge on any atom is -0.481 e. The molecule has 80 valence electrons. The van der Waals surface area contributed by atoms with Gasteiger partial charge < -0.3 is 5.11 Å². The Morgan fingerprint density at radius 2 is 2.00 bits per heavy atom. The van der Waals surface area contributed by atoms with Gasteiger partial charge in [0.25, 0.3) is 5.69 Å². The molecule has 0 heterocycles. The van der Waals surface area contributed by atoms with Crippen LogP contribution in [0.2, 0.25) is 0 Å². The molecule has 0 bridgehead atoms. The molecule has 0 aliphatic rings. The third-order valence-electron chi connectivity index (χ3n) is 2.21. The standard InChI is InChI=1S/C10H11NO4/c1-2-9(10(12)13)7-3-5-8(6-4-7)11(14)15/h3-6,9H,2H2,1H3,(H,12,13)/t9-/m1/s1. The summed E-state index contributed by atoms with van der Waals surface area (Å²) in [6.07, 6.45) is 0.465. The van der Waals surface area contributed by atoms with E-state index in [1.165, 1.54) is 24.3 Å². The second kappa shape index (κ2) is 4.54. The van der Waals surface area contributed by atoms with Crippen LogP contribution < -0.4 is 0 Å². The van der Waals surface area contributed by atoms with Crippen molar-refractivity contribution in [2.24, 2.45) is 0 Å². The molecule has 1 aromatic carbocycles. The molecule has 1 rings (SSSR count). The lowest BCUT2D eigenvalue weighted by atomic mass is 9.97. The van der Waals surface area contributed by atoms with Crippen LogP contribution in [0.3, 0.4) is 0 Å². The van der Waals surface area contributed by atoms with Gasteiger partial charge in [-0.25, -0.2) is 0 Å². The summed E-state index contributed by atoms with van der Waals surface area (Å²) in [7, 11) is 0. The highest BCUT2D eigenvalue weighted by atomic mass is 16.6. The van der Waals surface area contributed by atoms with Crippen LogP contribution in [0, 0.1) is 10.1 Å². The van der Waals surface area contributed by atoms with Crippen LogP contribution in [0.25, 0.3) is 0 Å². The molecule has 1 N–H and O–H groups in total. The molecular formula is C10H11NO4. The molecule has 5 heteroatoms. The first-order valence-corrected chi connectivity index (χ1v) is 4.53. The monoisotopic (exact) mass is 209 g/mol. The van der Waals surface area contributed by atoms with Crippen LogP contribution in [0.1, 0.15) is 24.8 Å². The first-order valence-electron chi connectivity index (χ1n) is 4.53. The van der Waals surface area contributed by atoms with Crippen molar-refractivity contribution < 1.29 is 14.8 Å². The lowest BCUT2D eigenvalue weighted by Crippen LogP contribution is -2.10. The van der Waals surface area contributed by atoms with E-state index in [4.69, 9.17) is 5.11 Å². The highest BCUT2D eigenvalue weighted by Crippen LogP contribution is 2.22. The first-order chi connectivity index (χ1) is 7.06. The van der Waals surface area contributed by atoms with Crippen molar-refractivity contribution in [3.8, 4) is 0 Å². The predicted octanol–water partition coefficient (Wildman–Crippen LogP) is 2.17. The number of nitro groups is 1. The Labute approximate surface area is 86.5 Å². The number of carboxylic acids is 1. The summed E-state index contributed by atoms with van der Waals surface area (Å²) in [6.45, 7) is 1.76. The highest BCUT2D eigenvalue weighted by molar-refractivity contribution is 5.76. The predicted molar refractivity (Wildman–Crippen MR) is 53.8 cm³/mol. The molecule has 15 heavy (non-hydrogen) atoms. The van der Waals surface area contributed by atoms with Gasteiger partial charge in [0, 0.05) is 12.1 Å². The molecule has 5 nitrogen and oxygen atoms in total. The van der Waals surface area contributed by atoms with E-state index in [9.17, 15) is 14.9 Å². The van der Waals surface area contributed by atoms with Crippen molar-refractivity contribution in [1.82, 2.24) is 0 Å². The normalized spacial score (nSPS) is 12.1. The number of aliphatic carboxylic acids is 1. The van der Waals surface area contributed by atoms with Gasteiger partial charge in [0.15, 0.2) is 0 Å². The van der Waals surface area contributed by atoms with E-state index in [1.54, 1.807) is 6.92 Å². The molecule has 0 unspecified atom stereocenters. The van der Waals surface area contributed by atoms with Crippen molar-refractivity contribution in [1.29, 1.82) is 0 Å². The van der Waals surface area contributed by atoms with Gasteiger partial charge in [-0.3, -0.25) is 14.9 Å². The summed E-state index contributed by atoms with van der Waals surface area (Å²) >= 11 is 0. The van der Waals surface area contributed by atoms with Gasteiger partial charge in [-0.05, 0) is 12.0 Å². The Hall–Kier alpha value is -1.91. The summed E-state index contributed by atoms with van der Waals surface area (Å²) in [6, 6.07) is 5.61. The van der Waals surface area contributed by atoms with E-state index < -0.39 is 16.8 Å². The lowest BCUT2D eigenvalue weighted by molar-refractivity contribution is -0.384. The Kier molecular flexibility index (Phi) is 3.38. The van der Waals surface area contributed by atoms with Crippen LogP contribution in [0.4, 0.5) is 5.69 Å². The van der Waals surface area contributed by atoms with Gasteiger partial charge in [0.05, 0.1) is 10.8 Å². The maximum absolute atomic E-state index is 10.8. The van der Waals surface area contributed by atoms with E-state index in [2.05, 4.69) is 0 Å². The van der Waals surface area contributed by atoms with Crippen molar-refractivity contribution in [3.05, 3.63) is 39.9 Å². The smallest absolute Gasteiger partial charge is 0.310 e. The largest absolute Gasteiger partial charge is 0.481 e. The van der Waals surface area contributed by atoms with E-state index in [0.29, 0.717) is 12.0 Å². The highest BCUT2D eigenvalue weighted by Gasteiger charge is 2.18. The molecule has 0 aromatic heterocycles. The second-order valence-electron chi connectivity index (χ2n) is 3.15. The zero-order valence-corrected chi connectivity index (χ0v) is 8.21. The van der Waals surface area contributed by atoms with E-state index >= 15 is 0 Å². The van der Waals surface area contributed by atoms with Crippen LogP contribution in [-0.4, -0.2) is 16.0 Å². The maximum atomic E-state index is 10.8. The van der Waals surface area contributed by atoms with Gasteiger partial charge in [-0.15, -0.1) is 0 Å². The number of carboxylic acid groups (broad SMARTS) is 1. The number of hydrogen-bond acceptors (Lipinski definition) is 3. The Morgan fingerprint density at radius 3 is 2.33 bits per heavy atom. The zero-order valence-electron chi connectivity index (χ0n) is 8.21. The van der Waals surface area contributed by atoms with Gasteiger partial charge >= 0.3 is 5.97 Å². The van der Waals surface area contributed by atoms with Gasteiger partial charge in [0.2, 0.25) is 0 Å². The average molecular weight is 209 g/mol. The molecule has 0 spiro atoms.